The van der Waals surface area contributed by atoms with Gasteiger partial charge in [0.05, 0.1) is 0 Å². The molecule has 0 bridgehead atoms. The number of aliphatic carboxylic acids is 1. The van der Waals surface area contributed by atoms with E-state index in [9.17, 15) is 14.7 Å². The third-order valence-electron chi connectivity index (χ3n) is 6.78. The van der Waals surface area contributed by atoms with Crippen LogP contribution in [0.5, 0.6) is 5.75 Å². The van der Waals surface area contributed by atoms with Crippen LogP contribution in [-0.4, -0.2) is 52.7 Å². The summed E-state index contributed by atoms with van der Waals surface area (Å²) in [4.78, 5) is 25.4. The lowest BCUT2D eigenvalue weighted by atomic mass is 9.68. The minimum atomic E-state index is -0.858. The Morgan fingerprint density at radius 2 is 2.03 bits per heavy atom. The minimum Gasteiger partial charge on any atom is -0.508 e. The van der Waals surface area contributed by atoms with Crippen LogP contribution in [0.25, 0.3) is 0 Å². The summed E-state index contributed by atoms with van der Waals surface area (Å²) in [5.41, 5.74) is 1.25. The normalized spacial score (nSPS) is 22.9. The van der Waals surface area contributed by atoms with Crippen molar-refractivity contribution in [1.82, 2.24) is 10.2 Å². The largest absolute Gasteiger partial charge is 0.508 e. The Morgan fingerprint density at radius 1 is 1.29 bits per heavy atom. The van der Waals surface area contributed by atoms with Gasteiger partial charge in [0.2, 0.25) is 5.91 Å². The molecule has 2 rings (SSSR count). The van der Waals surface area contributed by atoms with Crippen LogP contribution in [-0.2, 0) is 15.0 Å². The van der Waals surface area contributed by atoms with Gasteiger partial charge in [-0.2, -0.15) is 0 Å². The summed E-state index contributed by atoms with van der Waals surface area (Å²) in [6.45, 7) is 11.8. The Kier molecular flexibility index (Phi) is 9.35. The van der Waals surface area contributed by atoms with Gasteiger partial charge < -0.3 is 20.4 Å². The van der Waals surface area contributed by atoms with E-state index in [0.717, 1.165) is 38.9 Å². The molecule has 6 heteroatoms. The zero-order valence-corrected chi connectivity index (χ0v) is 19.6. The van der Waals surface area contributed by atoms with Crippen molar-refractivity contribution in [3.63, 3.8) is 0 Å². The molecule has 3 atom stereocenters. The van der Waals surface area contributed by atoms with E-state index in [1.54, 1.807) is 6.07 Å². The Balaban J connectivity index is 1.88. The number of hydrogen-bond acceptors (Lipinski definition) is 4. The van der Waals surface area contributed by atoms with Crippen molar-refractivity contribution in [3.8, 4) is 5.75 Å². The van der Waals surface area contributed by atoms with E-state index in [-0.39, 0.29) is 30.2 Å². The molecule has 0 spiro atoms. The van der Waals surface area contributed by atoms with E-state index in [1.807, 2.05) is 12.1 Å². The third-order valence-corrected chi connectivity index (χ3v) is 6.78. The zero-order chi connectivity index (χ0) is 23.0. The SMILES string of the molecule is CC(C)CC(CCN1CCC(C)(c2cccc(O)c2)C(C)C1)NC(=O)CCCC(=O)O. The fourth-order valence-corrected chi connectivity index (χ4v) is 4.67. The van der Waals surface area contributed by atoms with E-state index >= 15 is 0 Å². The first-order valence-corrected chi connectivity index (χ1v) is 11.6. The molecule has 3 N–H and O–H groups in total. The first-order valence-electron chi connectivity index (χ1n) is 11.6. The predicted molar refractivity (Wildman–Crippen MR) is 123 cm³/mol. The predicted octanol–water partition coefficient (Wildman–Crippen LogP) is 4.17. The van der Waals surface area contributed by atoms with Crippen molar-refractivity contribution in [2.45, 2.75) is 77.7 Å². The first kappa shape index (κ1) is 25.2. The number of hydrogen-bond donors (Lipinski definition) is 3. The van der Waals surface area contributed by atoms with E-state index < -0.39 is 5.97 Å². The van der Waals surface area contributed by atoms with Crippen molar-refractivity contribution in [3.05, 3.63) is 29.8 Å². The van der Waals surface area contributed by atoms with E-state index in [2.05, 4.69) is 44.0 Å². The lowest BCUT2D eigenvalue weighted by molar-refractivity contribution is -0.137. The van der Waals surface area contributed by atoms with Crippen LogP contribution in [0.4, 0.5) is 0 Å². The van der Waals surface area contributed by atoms with Crippen molar-refractivity contribution >= 4 is 11.9 Å². The van der Waals surface area contributed by atoms with Gasteiger partial charge in [0.1, 0.15) is 5.75 Å². The van der Waals surface area contributed by atoms with Crippen LogP contribution in [0.2, 0.25) is 0 Å². The lowest BCUT2D eigenvalue weighted by Gasteiger charge is -2.45. The number of benzene rings is 1. The number of nitrogens with one attached hydrogen (secondary N) is 1. The molecule has 1 amide bonds. The number of carbonyl (C=O) groups is 2. The number of phenolic OH excluding ortho intramolecular Hbond substituents is 1. The highest BCUT2D eigenvalue weighted by Gasteiger charge is 2.38. The maximum absolute atomic E-state index is 12.3. The summed E-state index contributed by atoms with van der Waals surface area (Å²) in [7, 11) is 0. The van der Waals surface area contributed by atoms with Crippen LogP contribution in [0.1, 0.15) is 71.8 Å². The molecule has 1 aliphatic rings. The minimum absolute atomic E-state index is 0.0336. The van der Waals surface area contributed by atoms with Gasteiger partial charge in [0, 0.05) is 32.0 Å². The second kappa shape index (κ2) is 11.5. The average molecular weight is 433 g/mol. The standard InChI is InChI=1S/C25H40N2O4/c1-18(2)15-21(26-23(29)9-6-10-24(30)31)11-13-27-14-12-25(4,19(3)17-27)20-7-5-8-22(28)16-20/h5,7-8,16,18-19,21,28H,6,9-15,17H2,1-4H3,(H,26,29)(H,30,31). The monoisotopic (exact) mass is 432 g/mol. The highest BCUT2D eigenvalue weighted by molar-refractivity contribution is 5.77. The number of aromatic hydroxyl groups is 1. The quantitative estimate of drug-likeness (QED) is 0.488. The molecule has 0 radical (unpaired) electrons. The van der Waals surface area contributed by atoms with Gasteiger partial charge in [-0.05, 0) is 67.2 Å². The summed E-state index contributed by atoms with van der Waals surface area (Å²) in [6.07, 6.45) is 3.55. The van der Waals surface area contributed by atoms with Crippen molar-refractivity contribution in [1.29, 1.82) is 0 Å². The number of rotatable bonds is 11. The van der Waals surface area contributed by atoms with Crippen molar-refractivity contribution < 1.29 is 19.8 Å². The highest BCUT2D eigenvalue weighted by atomic mass is 16.4. The number of piperidine rings is 1. The number of carboxylic acids is 1. The summed E-state index contributed by atoms with van der Waals surface area (Å²) in [6, 6.07) is 7.77. The van der Waals surface area contributed by atoms with Gasteiger partial charge in [0.15, 0.2) is 0 Å². The molecule has 1 fully saturated rings. The average Bonchev–Trinajstić information content (AvgIpc) is 2.68. The van der Waals surface area contributed by atoms with Gasteiger partial charge in [-0.15, -0.1) is 0 Å². The first-order chi connectivity index (χ1) is 14.6. The molecule has 0 saturated carbocycles. The fourth-order valence-electron chi connectivity index (χ4n) is 4.67. The lowest BCUT2D eigenvalue weighted by Crippen LogP contribution is -2.48. The van der Waals surface area contributed by atoms with Crippen molar-refractivity contribution in [2.75, 3.05) is 19.6 Å². The third kappa shape index (κ3) is 7.84. The van der Waals surface area contributed by atoms with Gasteiger partial charge >= 0.3 is 5.97 Å². The molecule has 1 heterocycles. The van der Waals surface area contributed by atoms with Gasteiger partial charge in [-0.25, -0.2) is 0 Å². The maximum Gasteiger partial charge on any atom is 0.303 e. The molecular formula is C25H40N2O4. The van der Waals surface area contributed by atoms with E-state index in [4.69, 9.17) is 5.11 Å². The number of carboxylic acid groups (broad SMARTS) is 1. The summed E-state index contributed by atoms with van der Waals surface area (Å²) in [5.74, 6) is 0.360. The Labute approximate surface area is 187 Å². The summed E-state index contributed by atoms with van der Waals surface area (Å²) in [5, 5.41) is 21.8. The topological polar surface area (TPSA) is 89.9 Å². The van der Waals surface area contributed by atoms with Gasteiger partial charge in [0.25, 0.3) is 0 Å². The summed E-state index contributed by atoms with van der Waals surface area (Å²) < 4.78 is 0. The molecular weight excluding hydrogens is 392 g/mol. The second-order valence-corrected chi connectivity index (χ2v) is 9.85. The molecule has 3 unspecified atom stereocenters. The molecule has 6 nitrogen and oxygen atoms in total. The number of nitrogens with zero attached hydrogens (tertiary/aromatic N) is 1. The van der Waals surface area contributed by atoms with Crippen molar-refractivity contribution in [2.24, 2.45) is 11.8 Å². The van der Waals surface area contributed by atoms with Crippen LogP contribution in [0, 0.1) is 11.8 Å². The molecule has 1 saturated heterocycles. The van der Waals surface area contributed by atoms with Crippen LogP contribution in [0.15, 0.2) is 24.3 Å². The number of amides is 1. The molecule has 1 aromatic carbocycles. The Bertz CT molecular complexity index is 736. The Hall–Kier alpha value is -2.08. The molecule has 0 aromatic heterocycles. The zero-order valence-electron chi connectivity index (χ0n) is 19.6. The van der Waals surface area contributed by atoms with Gasteiger partial charge in [-0.1, -0.05) is 39.8 Å². The van der Waals surface area contributed by atoms with Crippen LogP contribution in [0.3, 0.4) is 0 Å². The Morgan fingerprint density at radius 3 is 2.65 bits per heavy atom. The fraction of sp³-hybridized carbons (Fsp3) is 0.680. The summed E-state index contributed by atoms with van der Waals surface area (Å²) >= 11 is 0. The second-order valence-electron chi connectivity index (χ2n) is 9.85. The molecule has 31 heavy (non-hydrogen) atoms. The number of carbonyl (C=O) groups excluding carboxylic acids is 1. The molecule has 174 valence electrons. The molecule has 0 aliphatic carbocycles. The molecule has 1 aliphatic heterocycles. The number of likely N-dealkylation sites (tertiary alicyclic amines) is 1. The van der Waals surface area contributed by atoms with E-state index in [1.165, 1.54) is 5.56 Å². The van der Waals surface area contributed by atoms with Gasteiger partial charge in [-0.3, -0.25) is 9.59 Å². The molecule has 1 aromatic rings. The smallest absolute Gasteiger partial charge is 0.303 e. The van der Waals surface area contributed by atoms with Crippen LogP contribution >= 0.6 is 0 Å². The van der Waals surface area contributed by atoms with E-state index in [0.29, 0.717) is 24.0 Å². The van der Waals surface area contributed by atoms with Crippen LogP contribution < -0.4 is 5.32 Å². The number of phenols is 1. The maximum atomic E-state index is 12.3. The highest BCUT2D eigenvalue weighted by Crippen LogP contribution is 2.40.